The van der Waals surface area contributed by atoms with Crippen molar-refractivity contribution >= 4 is 35.1 Å². The van der Waals surface area contributed by atoms with Gasteiger partial charge in [-0.2, -0.15) is 16.4 Å². The Bertz CT molecular complexity index is 537. The summed E-state index contributed by atoms with van der Waals surface area (Å²) in [7, 11) is 0. The van der Waals surface area contributed by atoms with Gasteiger partial charge >= 0.3 is 0 Å². The normalized spacial score (nSPS) is 10.6. The third kappa shape index (κ3) is 3.15. The molecule has 0 radical (unpaired) electrons. The number of amides is 1. The van der Waals surface area contributed by atoms with E-state index < -0.39 is 0 Å². The van der Waals surface area contributed by atoms with Gasteiger partial charge < -0.3 is 0 Å². The van der Waals surface area contributed by atoms with Crippen molar-refractivity contribution in [3.63, 3.8) is 0 Å². The zero-order valence-electron chi connectivity index (χ0n) is 8.76. The summed E-state index contributed by atoms with van der Waals surface area (Å²) in [5.41, 5.74) is 3.80. The van der Waals surface area contributed by atoms with Crippen molar-refractivity contribution in [1.82, 2.24) is 5.43 Å². The number of nitrogens with one attached hydrogen (secondary N) is 1. The Morgan fingerprint density at radius 1 is 1.35 bits per heavy atom. The van der Waals surface area contributed by atoms with Gasteiger partial charge in [0.1, 0.15) is 0 Å². The van der Waals surface area contributed by atoms with E-state index in [1.54, 1.807) is 41.8 Å². The van der Waals surface area contributed by atoms with E-state index in [0.29, 0.717) is 10.6 Å². The van der Waals surface area contributed by atoms with Crippen molar-refractivity contribution < 1.29 is 4.79 Å². The minimum atomic E-state index is -0.318. The lowest BCUT2D eigenvalue weighted by molar-refractivity contribution is 0.0955. The second-order valence-electron chi connectivity index (χ2n) is 3.24. The fourth-order valence-electron chi connectivity index (χ4n) is 1.22. The highest BCUT2D eigenvalue weighted by atomic mass is 35.5. The summed E-state index contributed by atoms with van der Waals surface area (Å²) in [4.78, 5) is 11.7. The smallest absolute Gasteiger partial charge is 0.267 e. The molecule has 0 atom stereocenters. The number of rotatable bonds is 3. The number of halogens is 1. The number of benzene rings is 1. The van der Waals surface area contributed by atoms with E-state index in [4.69, 9.17) is 11.6 Å². The molecule has 0 saturated heterocycles. The van der Waals surface area contributed by atoms with Crippen LogP contribution in [0.25, 0.3) is 0 Å². The van der Waals surface area contributed by atoms with Crippen molar-refractivity contribution in [2.24, 2.45) is 5.10 Å². The van der Waals surface area contributed by atoms with E-state index in [1.807, 2.05) is 16.8 Å². The first-order valence-corrected chi connectivity index (χ1v) is 6.19. The van der Waals surface area contributed by atoms with Gasteiger partial charge in [0, 0.05) is 5.56 Å². The fourth-order valence-corrected chi connectivity index (χ4v) is 2.05. The van der Waals surface area contributed by atoms with Gasteiger partial charge in [-0.15, -0.1) is 0 Å². The number of hydrazone groups is 1. The van der Waals surface area contributed by atoms with Crippen molar-refractivity contribution in [3.8, 4) is 0 Å². The average Bonchev–Trinajstić information content (AvgIpc) is 2.82. The fraction of sp³-hybridized carbons (Fsp3) is 0. The van der Waals surface area contributed by atoms with Gasteiger partial charge in [0.25, 0.3) is 5.91 Å². The molecule has 1 aromatic carbocycles. The lowest BCUT2D eigenvalue weighted by Gasteiger charge is -2.01. The number of hydrogen-bond donors (Lipinski definition) is 1. The van der Waals surface area contributed by atoms with E-state index in [2.05, 4.69) is 10.5 Å². The zero-order valence-corrected chi connectivity index (χ0v) is 10.3. The predicted octanol–water partition coefficient (Wildman–Crippen LogP) is 3.17. The Morgan fingerprint density at radius 3 is 2.88 bits per heavy atom. The topological polar surface area (TPSA) is 41.5 Å². The number of nitrogens with zero attached hydrogens (tertiary/aromatic N) is 1. The number of hydrogen-bond acceptors (Lipinski definition) is 3. The Hall–Kier alpha value is -1.65. The first-order valence-electron chi connectivity index (χ1n) is 4.87. The maximum Gasteiger partial charge on any atom is 0.272 e. The quantitative estimate of drug-likeness (QED) is 0.671. The van der Waals surface area contributed by atoms with Gasteiger partial charge in [0.05, 0.1) is 16.8 Å². The summed E-state index contributed by atoms with van der Waals surface area (Å²) >= 11 is 7.46. The maximum atomic E-state index is 11.7. The summed E-state index contributed by atoms with van der Waals surface area (Å²) in [6.45, 7) is 0. The molecule has 0 aliphatic carbocycles. The zero-order chi connectivity index (χ0) is 12.1. The standard InChI is InChI=1S/C12H9ClN2OS/c13-11-4-2-1-3-10(11)12(16)15-14-7-9-5-6-17-8-9/h1-8H,(H,15,16)/b14-7+. The molecule has 17 heavy (non-hydrogen) atoms. The number of carbonyl (C=O) groups is 1. The molecule has 0 spiro atoms. The highest BCUT2D eigenvalue weighted by Gasteiger charge is 2.07. The monoisotopic (exact) mass is 264 g/mol. The van der Waals surface area contributed by atoms with Crippen LogP contribution in [-0.2, 0) is 0 Å². The van der Waals surface area contributed by atoms with E-state index in [-0.39, 0.29) is 5.91 Å². The molecule has 1 amide bonds. The van der Waals surface area contributed by atoms with E-state index in [0.717, 1.165) is 5.56 Å². The molecular formula is C12H9ClN2OS. The van der Waals surface area contributed by atoms with Crippen LogP contribution in [0.4, 0.5) is 0 Å². The predicted molar refractivity (Wildman–Crippen MR) is 70.8 cm³/mol. The van der Waals surface area contributed by atoms with Crippen molar-refractivity contribution in [1.29, 1.82) is 0 Å². The van der Waals surface area contributed by atoms with E-state index in [1.165, 1.54) is 0 Å². The molecule has 0 fully saturated rings. The Balaban J connectivity index is 2.01. The third-order valence-corrected chi connectivity index (χ3v) is 3.07. The van der Waals surface area contributed by atoms with E-state index in [9.17, 15) is 4.79 Å². The maximum absolute atomic E-state index is 11.7. The Morgan fingerprint density at radius 2 is 2.18 bits per heavy atom. The Labute approximate surface area is 108 Å². The molecule has 0 unspecified atom stereocenters. The summed E-state index contributed by atoms with van der Waals surface area (Å²) in [5.74, 6) is -0.318. The van der Waals surface area contributed by atoms with Gasteiger partial charge in [0.15, 0.2) is 0 Å². The minimum absolute atomic E-state index is 0.318. The summed E-state index contributed by atoms with van der Waals surface area (Å²) in [6, 6.07) is 8.75. The largest absolute Gasteiger partial charge is 0.272 e. The second-order valence-corrected chi connectivity index (χ2v) is 4.42. The third-order valence-electron chi connectivity index (χ3n) is 2.04. The molecule has 1 heterocycles. The molecule has 0 bridgehead atoms. The molecule has 2 rings (SSSR count). The van der Waals surface area contributed by atoms with Crippen LogP contribution in [0.3, 0.4) is 0 Å². The molecule has 1 N–H and O–H groups in total. The van der Waals surface area contributed by atoms with Gasteiger partial charge in [0.2, 0.25) is 0 Å². The van der Waals surface area contributed by atoms with Crippen molar-refractivity contribution in [3.05, 3.63) is 57.2 Å². The molecule has 3 nitrogen and oxygen atoms in total. The minimum Gasteiger partial charge on any atom is -0.267 e. The Kier molecular flexibility index (Phi) is 3.90. The molecule has 0 saturated carbocycles. The molecule has 5 heteroatoms. The highest BCUT2D eigenvalue weighted by Crippen LogP contribution is 2.14. The summed E-state index contributed by atoms with van der Waals surface area (Å²) in [6.07, 6.45) is 1.59. The lowest BCUT2D eigenvalue weighted by Crippen LogP contribution is -2.17. The number of thiophene rings is 1. The first kappa shape index (κ1) is 11.8. The van der Waals surface area contributed by atoms with Crippen molar-refractivity contribution in [2.45, 2.75) is 0 Å². The molecule has 0 aliphatic rings. The molecular weight excluding hydrogens is 256 g/mol. The lowest BCUT2D eigenvalue weighted by atomic mass is 10.2. The first-order chi connectivity index (χ1) is 8.27. The van der Waals surface area contributed by atoms with Crippen LogP contribution < -0.4 is 5.43 Å². The summed E-state index contributed by atoms with van der Waals surface area (Å²) in [5, 5.41) is 8.14. The van der Waals surface area contributed by atoms with Crippen LogP contribution in [0.15, 0.2) is 46.2 Å². The van der Waals surface area contributed by atoms with Gasteiger partial charge in [-0.1, -0.05) is 23.7 Å². The molecule has 2 aromatic rings. The van der Waals surface area contributed by atoms with Gasteiger partial charge in [-0.25, -0.2) is 5.43 Å². The van der Waals surface area contributed by atoms with Crippen LogP contribution in [0, 0.1) is 0 Å². The highest BCUT2D eigenvalue weighted by molar-refractivity contribution is 7.08. The number of carbonyl (C=O) groups excluding carboxylic acids is 1. The molecule has 86 valence electrons. The van der Waals surface area contributed by atoms with Crippen LogP contribution in [-0.4, -0.2) is 12.1 Å². The van der Waals surface area contributed by atoms with Crippen LogP contribution in [0.2, 0.25) is 5.02 Å². The van der Waals surface area contributed by atoms with Gasteiger partial charge in [-0.05, 0) is 29.0 Å². The van der Waals surface area contributed by atoms with E-state index >= 15 is 0 Å². The second kappa shape index (κ2) is 5.61. The van der Waals surface area contributed by atoms with Crippen LogP contribution >= 0.6 is 22.9 Å². The van der Waals surface area contributed by atoms with Crippen molar-refractivity contribution in [2.75, 3.05) is 0 Å². The van der Waals surface area contributed by atoms with Crippen LogP contribution in [0.1, 0.15) is 15.9 Å². The summed E-state index contributed by atoms with van der Waals surface area (Å²) < 4.78 is 0. The average molecular weight is 265 g/mol. The van der Waals surface area contributed by atoms with Crippen LogP contribution in [0.5, 0.6) is 0 Å². The van der Waals surface area contributed by atoms with Gasteiger partial charge in [-0.3, -0.25) is 4.79 Å². The molecule has 0 aliphatic heterocycles. The SMILES string of the molecule is O=C(N/N=C/c1ccsc1)c1ccccc1Cl. The molecule has 1 aromatic heterocycles.